The molecule has 0 amide bonds. The minimum Gasteiger partial charge on any atom is -0.463 e. The van der Waals surface area contributed by atoms with E-state index in [0.717, 1.165) is 23.1 Å². The van der Waals surface area contributed by atoms with Gasteiger partial charge in [0.25, 0.3) is 0 Å². The number of carbonyl (C=O) groups is 1. The Morgan fingerprint density at radius 1 is 1.47 bits per heavy atom. The molecule has 0 saturated carbocycles. The lowest BCUT2D eigenvalue weighted by Gasteiger charge is -1.99. The average Bonchev–Trinajstić information content (AvgIpc) is 3.23. The van der Waals surface area contributed by atoms with Crippen molar-refractivity contribution < 1.29 is 19.4 Å². The zero-order valence-corrected chi connectivity index (χ0v) is 12.6. The van der Waals surface area contributed by atoms with Gasteiger partial charge in [0.15, 0.2) is 0 Å². The van der Waals surface area contributed by atoms with Crippen molar-refractivity contribution in [2.45, 2.75) is 32.5 Å². The van der Waals surface area contributed by atoms with E-state index in [4.69, 9.17) is 14.6 Å². The van der Waals surface area contributed by atoms with E-state index in [1.54, 1.807) is 0 Å². The van der Waals surface area contributed by atoms with E-state index < -0.39 is 0 Å². The number of ether oxygens (including phenoxy) is 2. The third-order valence-electron chi connectivity index (χ3n) is 2.38. The first-order valence-electron chi connectivity index (χ1n) is 6.28. The minimum atomic E-state index is -0.113. The van der Waals surface area contributed by atoms with E-state index in [1.807, 2.05) is 31.2 Å². The van der Waals surface area contributed by atoms with Gasteiger partial charge in [-0.2, -0.15) is 0 Å². The van der Waals surface area contributed by atoms with Crippen LogP contribution in [-0.2, 0) is 20.9 Å². The summed E-state index contributed by atoms with van der Waals surface area (Å²) in [5, 5.41) is 8.61. The third kappa shape index (κ3) is 7.97. The Labute approximate surface area is 121 Å². The summed E-state index contributed by atoms with van der Waals surface area (Å²) in [5.74, 6) is -0.113. The van der Waals surface area contributed by atoms with E-state index in [2.05, 4.69) is 15.9 Å². The van der Waals surface area contributed by atoms with Crippen LogP contribution in [0.2, 0.25) is 0 Å². The number of carbonyl (C=O) groups excluding carboxylic acids is 1. The zero-order valence-electron chi connectivity index (χ0n) is 11.0. The van der Waals surface area contributed by atoms with Gasteiger partial charge in [0.2, 0.25) is 0 Å². The Balaban J connectivity index is 0.000000191. The highest BCUT2D eigenvalue weighted by Crippen LogP contribution is 2.10. The van der Waals surface area contributed by atoms with Crippen molar-refractivity contribution in [1.82, 2.24) is 0 Å². The summed E-state index contributed by atoms with van der Waals surface area (Å²) in [6, 6.07) is 7.57. The summed E-state index contributed by atoms with van der Waals surface area (Å²) in [7, 11) is 0. The number of halogens is 1. The SMILES string of the molecule is CCCC(=O)OCC1CO1.OCc1ccc(Br)cc1. The van der Waals surface area contributed by atoms with Crippen molar-refractivity contribution in [3.63, 3.8) is 0 Å². The molecule has 0 spiro atoms. The number of hydrogen-bond acceptors (Lipinski definition) is 4. The third-order valence-corrected chi connectivity index (χ3v) is 2.91. The normalized spacial score (nSPS) is 16.3. The van der Waals surface area contributed by atoms with E-state index in [0.29, 0.717) is 13.0 Å². The maximum absolute atomic E-state index is 10.7. The number of benzene rings is 1. The lowest BCUT2D eigenvalue weighted by atomic mass is 10.2. The van der Waals surface area contributed by atoms with Crippen LogP contribution in [0.25, 0.3) is 0 Å². The van der Waals surface area contributed by atoms with Crippen molar-refractivity contribution in [2.24, 2.45) is 0 Å². The van der Waals surface area contributed by atoms with Crippen molar-refractivity contribution in [1.29, 1.82) is 0 Å². The predicted molar refractivity (Wildman–Crippen MR) is 75.7 cm³/mol. The highest BCUT2D eigenvalue weighted by atomic mass is 79.9. The predicted octanol–water partition coefficient (Wildman–Crippen LogP) is 2.67. The van der Waals surface area contributed by atoms with Gasteiger partial charge < -0.3 is 14.6 Å². The molecule has 1 aliphatic heterocycles. The lowest BCUT2D eigenvalue weighted by molar-refractivity contribution is -0.144. The number of epoxide rings is 1. The molecule has 1 N–H and O–H groups in total. The molecule has 1 aromatic rings. The molecule has 1 aromatic carbocycles. The molecule has 1 fully saturated rings. The Hall–Kier alpha value is -0.910. The second-order valence-corrected chi connectivity index (χ2v) is 5.09. The van der Waals surface area contributed by atoms with Crippen LogP contribution in [0, 0.1) is 0 Å². The molecule has 0 bridgehead atoms. The standard InChI is InChI=1S/C7H7BrO.C7H12O3/c8-7-3-1-6(5-9)2-4-7;1-2-3-7(8)10-5-6-4-9-6/h1-4,9H,5H2;6H,2-5H2,1H3. The maximum Gasteiger partial charge on any atom is 0.305 e. The molecule has 0 aliphatic carbocycles. The van der Waals surface area contributed by atoms with Crippen LogP contribution < -0.4 is 0 Å². The fourth-order valence-corrected chi connectivity index (χ4v) is 1.48. The molecule has 2 rings (SSSR count). The summed E-state index contributed by atoms with van der Waals surface area (Å²) < 4.78 is 10.7. The zero-order chi connectivity index (χ0) is 14.1. The molecule has 0 radical (unpaired) electrons. The summed E-state index contributed by atoms with van der Waals surface area (Å²) >= 11 is 3.29. The lowest BCUT2D eigenvalue weighted by Crippen LogP contribution is -2.08. The van der Waals surface area contributed by atoms with Gasteiger partial charge in [0.05, 0.1) is 13.2 Å². The van der Waals surface area contributed by atoms with Crippen molar-refractivity contribution in [3.05, 3.63) is 34.3 Å². The fraction of sp³-hybridized carbons (Fsp3) is 0.500. The first-order valence-corrected chi connectivity index (χ1v) is 7.07. The highest BCUT2D eigenvalue weighted by Gasteiger charge is 2.23. The molecule has 1 atom stereocenters. The number of rotatable bonds is 5. The second-order valence-electron chi connectivity index (χ2n) is 4.17. The quantitative estimate of drug-likeness (QED) is 0.666. The van der Waals surface area contributed by atoms with E-state index in [1.165, 1.54) is 0 Å². The van der Waals surface area contributed by atoms with Gasteiger partial charge in [-0.3, -0.25) is 4.79 Å². The van der Waals surface area contributed by atoms with Gasteiger partial charge in [0.1, 0.15) is 12.7 Å². The van der Waals surface area contributed by atoms with Gasteiger partial charge in [-0.25, -0.2) is 0 Å². The van der Waals surface area contributed by atoms with Gasteiger partial charge >= 0.3 is 5.97 Å². The van der Waals surface area contributed by atoms with Crippen molar-refractivity contribution in [3.8, 4) is 0 Å². The first kappa shape index (κ1) is 16.1. The first-order chi connectivity index (χ1) is 9.15. The molecule has 0 aromatic heterocycles. The topological polar surface area (TPSA) is 59.1 Å². The summed E-state index contributed by atoms with van der Waals surface area (Å²) in [5.41, 5.74) is 0.943. The number of aliphatic hydroxyl groups is 1. The van der Waals surface area contributed by atoms with Crippen LogP contribution >= 0.6 is 15.9 Å². The fourth-order valence-electron chi connectivity index (χ4n) is 1.22. The highest BCUT2D eigenvalue weighted by molar-refractivity contribution is 9.10. The molecule has 1 heterocycles. The van der Waals surface area contributed by atoms with Crippen LogP contribution in [0.15, 0.2) is 28.7 Å². The van der Waals surface area contributed by atoms with Gasteiger partial charge in [-0.15, -0.1) is 0 Å². The molecule has 1 saturated heterocycles. The number of aliphatic hydroxyl groups excluding tert-OH is 1. The molecule has 19 heavy (non-hydrogen) atoms. The van der Waals surface area contributed by atoms with Crippen LogP contribution in [0.5, 0.6) is 0 Å². The van der Waals surface area contributed by atoms with Crippen LogP contribution in [-0.4, -0.2) is 30.4 Å². The largest absolute Gasteiger partial charge is 0.463 e. The molecule has 5 heteroatoms. The molecule has 1 unspecified atom stereocenters. The van der Waals surface area contributed by atoms with Crippen LogP contribution in [0.1, 0.15) is 25.3 Å². The molecular weight excluding hydrogens is 312 g/mol. The molecule has 4 nitrogen and oxygen atoms in total. The van der Waals surface area contributed by atoms with E-state index >= 15 is 0 Å². The van der Waals surface area contributed by atoms with Gasteiger partial charge in [-0.1, -0.05) is 35.0 Å². The van der Waals surface area contributed by atoms with E-state index in [9.17, 15) is 4.79 Å². The Morgan fingerprint density at radius 3 is 2.58 bits per heavy atom. The average molecular weight is 331 g/mol. The molecule has 1 aliphatic rings. The van der Waals surface area contributed by atoms with Crippen molar-refractivity contribution >= 4 is 21.9 Å². The van der Waals surface area contributed by atoms with E-state index in [-0.39, 0.29) is 18.7 Å². The number of esters is 1. The monoisotopic (exact) mass is 330 g/mol. The second kappa shape index (κ2) is 9.07. The Morgan fingerprint density at radius 2 is 2.11 bits per heavy atom. The smallest absolute Gasteiger partial charge is 0.305 e. The van der Waals surface area contributed by atoms with Crippen LogP contribution in [0.4, 0.5) is 0 Å². The summed E-state index contributed by atoms with van der Waals surface area (Å²) in [6.45, 7) is 3.26. The molecule has 106 valence electrons. The molecular formula is C14H19BrO4. The maximum atomic E-state index is 10.7. The number of hydrogen-bond donors (Lipinski definition) is 1. The minimum absolute atomic E-state index is 0.113. The summed E-state index contributed by atoms with van der Waals surface area (Å²) in [4.78, 5) is 10.7. The summed E-state index contributed by atoms with van der Waals surface area (Å²) in [6.07, 6.45) is 1.57. The van der Waals surface area contributed by atoms with Crippen molar-refractivity contribution in [2.75, 3.05) is 13.2 Å². The Bertz CT molecular complexity index is 374. The van der Waals surface area contributed by atoms with Gasteiger partial charge in [0, 0.05) is 10.9 Å². The Kier molecular flexibility index (Phi) is 7.70. The van der Waals surface area contributed by atoms with Gasteiger partial charge in [-0.05, 0) is 24.1 Å². The van der Waals surface area contributed by atoms with Crippen LogP contribution in [0.3, 0.4) is 0 Å².